The Bertz CT molecular complexity index is 474. The summed E-state index contributed by atoms with van der Waals surface area (Å²) in [5.74, 6) is 0. The SMILES string of the molecule is CCCCCCCCCCCCCCCC[N+](C)(C)C(C)(C)c1ccccc1. The highest BCUT2D eigenvalue weighted by Gasteiger charge is 2.37. The average Bonchev–Trinajstić information content (AvgIpc) is 2.68. The molecular weight excluding hydrogens is 338 g/mol. The van der Waals surface area contributed by atoms with Crippen LogP contribution in [-0.4, -0.2) is 25.1 Å². The molecule has 1 nitrogen and oxygen atoms in total. The van der Waals surface area contributed by atoms with Gasteiger partial charge in [0.15, 0.2) is 0 Å². The summed E-state index contributed by atoms with van der Waals surface area (Å²) in [7, 11) is 4.80. The van der Waals surface area contributed by atoms with Crippen LogP contribution in [0.1, 0.15) is 116 Å². The van der Waals surface area contributed by atoms with E-state index < -0.39 is 0 Å². The van der Waals surface area contributed by atoms with E-state index in [-0.39, 0.29) is 5.54 Å². The minimum atomic E-state index is 0.164. The van der Waals surface area contributed by atoms with Gasteiger partial charge in [-0.2, -0.15) is 0 Å². The van der Waals surface area contributed by atoms with Gasteiger partial charge in [-0.05, 0) is 26.7 Å². The Labute approximate surface area is 177 Å². The lowest BCUT2D eigenvalue weighted by atomic mass is 9.90. The van der Waals surface area contributed by atoms with E-state index in [1.807, 2.05) is 0 Å². The molecule has 0 spiro atoms. The summed E-state index contributed by atoms with van der Waals surface area (Å²) >= 11 is 0. The zero-order valence-corrected chi connectivity index (χ0v) is 19.9. The molecule has 0 radical (unpaired) electrons. The Balaban J connectivity index is 2.03. The average molecular weight is 389 g/mol. The van der Waals surface area contributed by atoms with Crippen LogP contribution in [0, 0.1) is 0 Å². The topological polar surface area (TPSA) is 0 Å². The predicted molar refractivity (Wildman–Crippen MR) is 127 cm³/mol. The molecule has 162 valence electrons. The molecule has 0 unspecified atom stereocenters. The Morgan fingerprint density at radius 1 is 0.607 bits per heavy atom. The number of nitrogens with zero attached hydrogens (tertiary/aromatic N) is 1. The molecule has 1 aromatic rings. The van der Waals surface area contributed by atoms with Crippen LogP contribution in [0.3, 0.4) is 0 Å². The number of hydrogen-bond acceptors (Lipinski definition) is 0. The first kappa shape index (κ1) is 25.2. The summed E-state index contributed by atoms with van der Waals surface area (Å²) in [5.41, 5.74) is 1.61. The Morgan fingerprint density at radius 3 is 1.43 bits per heavy atom. The molecule has 0 aliphatic rings. The smallest absolute Gasteiger partial charge is 0.119 e. The molecule has 0 amide bonds. The molecule has 0 heterocycles. The van der Waals surface area contributed by atoms with Gasteiger partial charge in [-0.3, -0.25) is 0 Å². The lowest BCUT2D eigenvalue weighted by molar-refractivity contribution is -0.945. The van der Waals surface area contributed by atoms with Gasteiger partial charge in [-0.25, -0.2) is 0 Å². The molecule has 28 heavy (non-hydrogen) atoms. The van der Waals surface area contributed by atoms with E-state index >= 15 is 0 Å². The van der Waals surface area contributed by atoms with Crippen molar-refractivity contribution in [3.63, 3.8) is 0 Å². The van der Waals surface area contributed by atoms with Gasteiger partial charge in [-0.15, -0.1) is 0 Å². The zero-order valence-electron chi connectivity index (χ0n) is 19.9. The van der Waals surface area contributed by atoms with Gasteiger partial charge in [0, 0.05) is 5.56 Å². The van der Waals surface area contributed by atoms with E-state index in [1.54, 1.807) is 0 Å². The number of hydrogen-bond donors (Lipinski definition) is 0. The van der Waals surface area contributed by atoms with E-state index in [4.69, 9.17) is 0 Å². The standard InChI is InChI=1S/C27H50N/c1-6-7-8-9-10-11-12-13-14-15-16-17-18-22-25-28(4,5)27(2,3)26-23-20-19-21-24-26/h19-21,23-24H,6-18,22,25H2,1-5H3/q+1. The highest BCUT2D eigenvalue weighted by molar-refractivity contribution is 5.20. The fourth-order valence-electron chi connectivity index (χ4n) is 4.18. The van der Waals surface area contributed by atoms with Gasteiger partial charge < -0.3 is 4.48 Å². The fourth-order valence-corrected chi connectivity index (χ4v) is 4.18. The summed E-state index contributed by atoms with van der Waals surface area (Å²) in [6.07, 6.45) is 20.1. The monoisotopic (exact) mass is 388 g/mol. The number of benzene rings is 1. The molecule has 1 heteroatoms. The second kappa shape index (κ2) is 14.2. The summed E-state index contributed by atoms with van der Waals surface area (Å²) in [6, 6.07) is 11.0. The maximum atomic E-state index is 2.40. The highest BCUT2D eigenvalue weighted by Crippen LogP contribution is 2.32. The van der Waals surface area contributed by atoms with Crippen molar-refractivity contribution >= 4 is 0 Å². The van der Waals surface area contributed by atoms with Gasteiger partial charge >= 0.3 is 0 Å². The lowest BCUT2D eigenvalue weighted by Crippen LogP contribution is -2.54. The molecule has 0 saturated heterocycles. The van der Waals surface area contributed by atoms with Crippen LogP contribution in [0.25, 0.3) is 0 Å². The Kier molecular flexibility index (Phi) is 12.8. The van der Waals surface area contributed by atoms with Gasteiger partial charge in [0.1, 0.15) is 5.54 Å². The quantitative estimate of drug-likeness (QED) is 0.185. The zero-order chi connectivity index (χ0) is 20.7. The third-order valence-corrected chi connectivity index (χ3v) is 7.06. The first-order valence-corrected chi connectivity index (χ1v) is 12.3. The molecule has 0 aromatic heterocycles. The van der Waals surface area contributed by atoms with E-state index in [1.165, 1.54) is 102 Å². The maximum Gasteiger partial charge on any atom is 0.119 e. The minimum absolute atomic E-state index is 0.164. The van der Waals surface area contributed by atoms with Crippen molar-refractivity contribution < 1.29 is 4.48 Å². The second-order valence-corrected chi connectivity index (χ2v) is 9.93. The van der Waals surface area contributed by atoms with Crippen molar-refractivity contribution in [3.8, 4) is 0 Å². The van der Waals surface area contributed by atoms with Gasteiger partial charge in [-0.1, -0.05) is 114 Å². The molecule has 0 fully saturated rings. The lowest BCUT2D eigenvalue weighted by Gasteiger charge is -2.45. The summed E-state index contributed by atoms with van der Waals surface area (Å²) in [5, 5.41) is 0. The first-order valence-electron chi connectivity index (χ1n) is 12.3. The normalized spacial score (nSPS) is 12.5. The molecular formula is C27H50N+. The van der Waals surface area contributed by atoms with Gasteiger partial charge in [0.25, 0.3) is 0 Å². The van der Waals surface area contributed by atoms with Crippen LogP contribution in [0.4, 0.5) is 0 Å². The number of rotatable bonds is 17. The molecule has 1 aromatic carbocycles. The Hall–Kier alpha value is -0.820. The number of quaternary nitrogens is 1. The van der Waals surface area contributed by atoms with Crippen LogP contribution < -0.4 is 0 Å². The first-order chi connectivity index (χ1) is 13.4. The molecule has 0 N–H and O–H groups in total. The van der Waals surface area contributed by atoms with Crippen LogP contribution in [-0.2, 0) is 5.54 Å². The maximum absolute atomic E-state index is 2.40. The van der Waals surface area contributed by atoms with Crippen molar-refractivity contribution in [3.05, 3.63) is 35.9 Å². The summed E-state index contributed by atoms with van der Waals surface area (Å²) in [4.78, 5) is 0. The number of unbranched alkanes of at least 4 members (excludes halogenated alkanes) is 13. The molecule has 0 saturated carbocycles. The van der Waals surface area contributed by atoms with E-state index in [0.717, 1.165) is 4.48 Å². The second-order valence-electron chi connectivity index (χ2n) is 9.93. The minimum Gasteiger partial charge on any atom is -0.320 e. The molecule has 0 bridgehead atoms. The van der Waals surface area contributed by atoms with E-state index in [2.05, 4.69) is 65.2 Å². The highest BCUT2D eigenvalue weighted by atomic mass is 15.4. The third-order valence-electron chi connectivity index (χ3n) is 7.06. The van der Waals surface area contributed by atoms with Crippen molar-refractivity contribution in [2.75, 3.05) is 20.6 Å². The summed E-state index contributed by atoms with van der Waals surface area (Å²) < 4.78 is 1.06. The van der Waals surface area contributed by atoms with Crippen LogP contribution in [0.2, 0.25) is 0 Å². The van der Waals surface area contributed by atoms with Crippen LogP contribution >= 0.6 is 0 Å². The van der Waals surface area contributed by atoms with Crippen molar-refractivity contribution in [2.24, 2.45) is 0 Å². The summed E-state index contributed by atoms with van der Waals surface area (Å²) in [6.45, 7) is 8.35. The largest absolute Gasteiger partial charge is 0.320 e. The molecule has 1 rings (SSSR count). The van der Waals surface area contributed by atoms with E-state index in [9.17, 15) is 0 Å². The van der Waals surface area contributed by atoms with Crippen molar-refractivity contribution in [2.45, 2.75) is 116 Å². The van der Waals surface area contributed by atoms with Crippen LogP contribution in [0.15, 0.2) is 30.3 Å². The van der Waals surface area contributed by atoms with Crippen molar-refractivity contribution in [1.29, 1.82) is 0 Å². The van der Waals surface area contributed by atoms with Gasteiger partial charge in [0.05, 0.1) is 20.6 Å². The fraction of sp³-hybridized carbons (Fsp3) is 0.778. The third kappa shape index (κ3) is 9.59. The molecule has 0 atom stereocenters. The Morgan fingerprint density at radius 2 is 1.00 bits per heavy atom. The van der Waals surface area contributed by atoms with Crippen molar-refractivity contribution in [1.82, 2.24) is 0 Å². The predicted octanol–water partition coefficient (Wildman–Crippen LogP) is 8.48. The molecule has 0 aliphatic carbocycles. The van der Waals surface area contributed by atoms with E-state index in [0.29, 0.717) is 0 Å². The van der Waals surface area contributed by atoms with Gasteiger partial charge in [0.2, 0.25) is 0 Å². The van der Waals surface area contributed by atoms with Crippen LogP contribution in [0.5, 0.6) is 0 Å². The molecule has 0 aliphatic heterocycles.